The molecule has 0 aliphatic heterocycles. The summed E-state index contributed by atoms with van der Waals surface area (Å²) in [4.78, 5) is 10.0. The van der Waals surface area contributed by atoms with Crippen molar-refractivity contribution in [1.82, 2.24) is 10.4 Å². The lowest BCUT2D eigenvalue weighted by atomic mass is 10.3. The van der Waals surface area contributed by atoms with E-state index < -0.39 is 5.97 Å². The minimum absolute atomic E-state index is 0.242. The molecule has 0 spiro atoms. The molecule has 0 rings (SSSR count). The summed E-state index contributed by atoms with van der Waals surface area (Å²) < 4.78 is 0. The van der Waals surface area contributed by atoms with Gasteiger partial charge in [-0.2, -0.15) is 0 Å². The molecule has 0 unspecified atom stereocenters. The zero-order chi connectivity index (χ0) is 7.98. The van der Waals surface area contributed by atoms with E-state index in [1.165, 1.54) is 0 Å². The van der Waals surface area contributed by atoms with Crippen molar-refractivity contribution in [3.8, 4) is 0 Å². The maximum absolute atomic E-state index is 10.0. The minimum Gasteiger partial charge on any atom is -0.481 e. The van der Waals surface area contributed by atoms with Gasteiger partial charge in [-0.3, -0.25) is 10.2 Å². The summed E-state index contributed by atoms with van der Waals surface area (Å²) >= 11 is 0. The van der Waals surface area contributed by atoms with Crippen LogP contribution in [-0.2, 0) is 4.79 Å². The largest absolute Gasteiger partial charge is 0.481 e. The quantitative estimate of drug-likeness (QED) is 0.532. The Hall–Kier alpha value is -0.610. The van der Waals surface area contributed by atoms with E-state index in [9.17, 15) is 4.79 Å². The zero-order valence-corrected chi connectivity index (χ0v) is 6.42. The first kappa shape index (κ1) is 9.39. The van der Waals surface area contributed by atoms with Gasteiger partial charge in [-0.05, 0) is 13.5 Å². The second-order valence-corrected chi connectivity index (χ2v) is 2.14. The first-order valence-corrected chi connectivity index (χ1v) is 3.27. The van der Waals surface area contributed by atoms with Gasteiger partial charge in [-0.1, -0.05) is 0 Å². The number of hydrogen-bond acceptors (Lipinski definition) is 3. The molecule has 0 saturated heterocycles. The van der Waals surface area contributed by atoms with E-state index in [1.54, 1.807) is 7.05 Å². The molecule has 0 aromatic heterocycles. The van der Waals surface area contributed by atoms with Crippen molar-refractivity contribution in [2.75, 3.05) is 20.6 Å². The van der Waals surface area contributed by atoms with Crippen LogP contribution >= 0.6 is 0 Å². The third-order valence-corrected chi connectivity index (χ3v) is 1.27. The van der Waals surface area contributed by atoms with Gasteiger partial charge < -0.3 is 5.11 Å². The molecular formula is C6H14N2O2. The number of carboxylic acids is 1. The summed E-state index contributed by atoms with van der Waals surface area (Å²) in [5, 5.41) is 10.1. The molecule has 2 N–H and O–H groups in total. The summed E-state index contributed by atoms with van der Waals surface area (Å²) in [5.74, 6) is -0.732. The van der Waals surface area contributed by atoms with Gasteiger partial charge in [0.2, 0.25) is 0 Å². The lowest BCUT2D eigenvalue weighted by Crippen LogP contribution is -2.31. The van der Waals surface area contributed by atoms with Crippen LogP contribution in [0, 0.1) is 0 Å². The fourth-order valence-electron chi connectivity index (χ4n) is 0.579. The lowest BCUT2D eigenvalue weighted by Gasteiger charge is -2.12. The van der Waals surface area contributed by atoms with Gasteiger partial charge in [0.1, 0.15) is 0 Å². The molecule has 4 nitrogen and oxygen atoms in total. The second kappa shape index (κ2) is 5.20. The third-order valence-electron chi connectivity index (χ3n) is 1.27. The Morgan fingerprint density at radius 1 is 1.70 bits per heavy atom. The average Bonchev–Trinajstić information content (AvgIpc) is 1.87. The van der Waals surface area contributed by atoms with Gasteiger partial charge in [-0.25, -0.2) is 5.01 Å². The van der Waals surface area contributed by atoms with Gasteiger partial charge in [0.05, 0.1) is 0 Å². The van der Waals surface area contributed by atoms with Gasteiger partial charge in [-0.15, -0.1) is 0 Å². The van der Waals surface area contributed by atoms with Crippen LogP contribution < -0.4 is 5.43 Å². The van der Waals surface area contributed by atoms with Crippen LogP contribution in [-0.4, -0.2) is 36.7 Å². The highest BCUT2D eigenvalue weighted by molar-refractivity contribution is 5.66. The molecule has 0 bridgehead atoms. The third kappa shape index (κ3) is 5.53. The highest BCUT2D eigenvalue weighted by Crippen LogP contribution is 1.88. The van der Waals surface area contributed by atoms with Crippen LogP contribution in [0.4, 0.5) is 0 Å². The van der Waals surface area contributed by atoms with Crippen molar-refractivity contribution in [1.29, 1.82) is 0 Å². The molecule has 0 saturated carbocycles. The SMILES string of the molecule is CNN(C)CCCC(=O)O. The van der Waals surface area contributed by atoms with Crippen molar-refractivity contribution < 1.29 is 9.90 Å². The molecule has 10 heavy (non-hydrogen) atoms. The number of nitrogens with zero attached hydrogens (tertiary/aromatic N) is 1. The van der Waals surface area contributed by atoms with Gasteiger partial charge in [0.15, 0.2) is 0 Å². The second-order valence-electron chi connectivity index (χ2n) is 2.14. The topological polar surface area (TPSA) is 52.6 Å². The lowest BCUT2D eigenvalue weighted by molar-refractivity contribution is -0.137. The van der Waals surface area contributed by atoms with Crippen molar-refractivity contribution in [2.45, 2.75) is 12.8 Å². The average molecular weight is 146 g/mol. The van der Waals surface area contributed by atoms with E-state index >= 15 is 0 Å². The summed E-state index contributed by atoms with van der Waals surface area (Å²) in [5.41, 5.74) is 2.88. The molecule has 0 aliphatic rings. The van der Waals surface area contributed by atoms with E-state index in [1.807, 2.05) is 12.1 Å². The van der Waals surface area contributed by atoms with Gasteiger partial charge in [0, 0.05) is 20.0 Å². The Morgan fingerprint density at radius 2 is 2.30 bits per heavy atom. The van der Waals surface area contributed by atoms with Crippen LogP contribution in [0.2, 0.25) is 0 Å². The molecule has 4 heteroatoms. The predicted octanol–water partition coefficient (Wildman–Crippen LogP) is -0.0826. The summed E-state index contributed by atoms with van der Waals surface area (Å²) in [6, 6.07) is 0. The highest BCUT2D eigenvalue weighted by atomic mass is 16.4. The predicted molar refractivity (Wildman–Crippen MR) is 38.6 cm³/mol. The normalized spacial score (nSPS) is 10.3. The fourth-order valence-corrected chi connectivity index (χ4v) is 0.579. The Labute approximate surface area is 60.8 Å². The van der Waals surface area contributed by atoms with E-state index in [0.29, 0.717) is 6.42 Å². The van der Waals surface area contributed by atoms with Crippen LogP contribution in [0.15, 0.2) is 0 Å². The van der Waals surface area contributed by atoms with Crippen molar-refractivity contribution >= 4 is 5.97 Å². The smallest absolute Gasteiger partial charge is 0.303 e. The molecule has 0 aliphatic carbocycles. The molecule has 0 aromatic rings. The standard InChI is InChI=1S/C6H14N2O2/c1-7-8(2)5-3-4-6(9)10/h7H,3-5H2,1-2H3,(H,9,10). The van der Waals surface area contributed by atoms with Crippen molar-refractivity contribution in [2.24, 2.45) is 0 Å². The number of hydrogen-bond donors (Lipinski definition) is 2. The maximum atomic E-state index is 10.0. The number of rotatable bonds is 5. The van der Waals surface area contributed by atoms with E-state index in [2.05, 4.69) is 5.43 Å². The Kier molecular flexibility index (Phi) is 4.88. The summed E-state index contributed by atoms with van der Waals surface area (Å²) in [6.07, 6.45) is 0.929. The highest BCUT2D eigenvalue weighted by Gasteiger charge is 1.97. The van der Waals surface area contributed by atoms with E-state index in [-0.39, 0.29) is 6.42 Å². The molecule has 0 fully saturated rings. The first-order valence-electron chi connectivity index (χ1n) is 3.27. The summed E-state index contributed by atoms with van der Waals surface area (Å²) in [7, 11) is 3.68. The van der Waals surface area contributed by atoms with Gasteiger partial charge >= 0.3 is 5.97 Å². The van der Waals surface area contributed by atoms with Crippen LogP contribution in [0.5, 0.6) is 0 Å². The molecule has 0 radical (unpaired) electrons. The number of hydrazine groups is 1. The van der Waals surface area contributed by atoms with E-state index in [0.717, 1.165) is 6.54 Å². The number of aliphatic carboxylic acids is 1. The first-order chi connectivity index (χ1) is 4.66. The van der Waals surface area contributed by atoms with Crippen molar-refractivity contribution in [3.05, 3.63) is 0 Å². The fraction of sp³-hybridized carbons (Fsp3) is 0.833. The van der Waals surface area contributed by atoms with Crippen LogP contribution in [0.3, 0.4) is 0 Å². The molecule has 0 amide bonds. The van der Waals surface area contributed by atoms with Crippen molar-refractivity contribution in [3.63, 3.8) is 0 Å². The van der Waals surface area contributed by atoms with Gasteiger partial charge in [0.25, 0.3) is 0 Å². The number of carboxylic acid groups (broad SMARTS) is 1. The number of nitrogens with one attached hydrogen (secondary N) is 1. The Morgan fingerprint density at radius 3 is 2.70 bits per heavy atom. The summed E-state index contributed by atoms with van der Waals surface area (Å²) in [6.45, 7) is 0.767. The Bertz CT molecular complexity index is 106. The van der Waals surface area contributed by atoms with E-state index in [4.69, 9.17) is 5.11 Å². The maximum Gasteiger partial charge on any atom is 0.303 e. The monoisotopic (exact) mass is 146 g/mol. The van der Waals surface area contributed by atoms with Crippen LogP contribution in [0.25, 0.3) is 0 Å². The molecule has 0 heterocycles. The minimum atomic E-state index is -0.732. The molecular weight excluding hydrogens is 132 g/mol. The van der Waals surface area contributed by atoms with Crippen LogP contribution in [0.1, 0.15) is 12.8 Å². The Balaban J connectivity index is 3.11. The zero-order valence-electron chi connectivity index (χ0n) is 6.42. The number of carbonyl (C=O) groups is 1. The molecule has 0 atom stereocenters. The molecule has 0 aromatic carbocycles. The molecule has 60 valence electrons.